The first-order valence-corrected chi connectivity index (χ1v) is 8.99. The number of hydrogen-bond acceptors (Lipinski definition) is 2. The fourth-order valence-electron chi connectivity index (χ4n) is 2.87. The minimum absolute atomic E-state index is 0.212. The first kappa shape index (κ1) is 16.3. The highest BCUT2D eigenvalue weighted by Gasteiger charge is 2.23. The van der Waals surface area contributed by atoms with E-state index >= 15 is 0 Å². The standard InChI is InChI=1S/C19H17Cl2N3O/c20-15-9-8-14(10-16(15)21)24-17(13-4-2-1-3-5-13)18(23-19(24)25)22-11-12-6-7-12/h1-5,8-10,12,22H,6-7,11H2,(H,23,25). The molecular weight excluding hydrogens is 357 g/mol. The highest BCUT2D eigenvalue weighted by molar-refractivity contribution is 6.42. The van der Waals surface area contributed by atoms with Gasteiger partial charge in [-0.2, -0.15) is 0 Å². The molecule has 0 unspecified atom stereocenters. The number of halogens is 2. The fraction of sp³-hybridized carbons (Fsp3) is 0.211. The Labute approximate surface area is 155 Å². The van der Waals surface area contributed by atoms with Gasteiger partial charge in [0.15, 0.2) is 0 Å². The topological polar surface area (TPSA) is 49.8 Å². The van der Waals surface area contributed by atoms with E-state index in [2.05, 4.69) is 10.3 Å². The van der Waals surface area contributed by atoms with Crippen molar-refractivity contribution in [1.82, 2.24) is 9.55 Å². The van der Waals surface area contributed by atoms with E-state index in [1.807, 2.05) is 30.3 Å². The van der Waals surface area contributed by atoms with Crippen molar-refractivity contribution in [2.75, 3.05) is 11.9 Å². The van der Waals surface area contributed by atoms with Crippen LogP contribution in [0.4, 0.5) is 5.82 Å². The van der Waals surface area contributed by atoms with Gasteiger partial charge in [0.2, 0.25) is 0 Å². The maximum Gasteiger partial charge on any atom is 0.332 e. The second-order valence-corrected chi connectivity index (χ2v) is 7.09. The number of aromatic nitrogens is 2. The second kappa shape index (κ2) is 6.62. The van der Waals surface area contributed by atoms with Gasteiger partial charge in [-0.3, -0.25) is 9.55 Å². The Kier molecular flexibility index (Phi) is 4.32. The van der Waals surface area contributed by atoms with Crippen LogP contribution in [0.15, 0.2) is 53.3 Å². The Hall–Kier alpha value is -2.17. The molecule has 6 heteroatoms. The second-order valence-electron chi connectivity index (χ2n) is 6.28. The van der Waals surface area contributed by atoms with Gasteiger partial charge in [-0.25, -0.2) is 4.79 Å². The summed E-state index contributed by atoms with van der Waals surface area (Å²) in [6.07, 6.45) is 2.48. The van der Waals surface area contributed by atoms with Crippen LogP contribution in [-0.4, -0.2) is 16.1 Å². The molecule has 2 N–H and O–H groups in total. The number of H-pyrrole nitrogens is 1. The average Bonchev–Trinajstić information content (AvgIpc) is 3.39. The number of rotatable bonds is 5. The SMILES string of the molecule is O=c1[nH]c(NCC2CC2)c(-c2ccccc2)n1-c1ccc(Cl)c(Cl)c1. The van der Waals surface area contributed by atoms with Gasteiger partial charge >= 0.3 is 5.69 Å². The summed E-state index contributed by atoms with van der Waals surface area (Å²) in [5, 5.41) is 4.27. The molecule has 0 radical (unpaired) electrons. The normalized spacial score (nSPS) is 13.8. The molecule has 2 aromatic carbocycles. The molecular formula is C19H17Cl2N3O. The van der Waals surface area contributed by atoms with Crippen molar-refractivity contribution >= 4 is 29.0 Å². The van der Waals surface area contributed by atoms with Gasteiger partial charge in [0.25, 0.3) is 0 Å². The summed E-state index contributed by atoms with van der Waals surface area (Å²) in [4.78, 5) is 15.6. The van der Waals surface area contributed by atoms with Crippen molar-refractivity contribution in [3.63, 3.8) is 0 Å². The quantitative estimate of drug-likeness (QED) is 0.663. The molecule has 1 heterocycles. The lowest BCUT2D eigenvalue weighted by Gasteiger charge is -2.11. The number of hydrogen-bond donors (Lipinski definition) is 2. The highest BCUT2D eigenvalue weighted by atomic mass is 35.5. The summed E-state index contributed by atoms with van der Waals surface area (Å²) in [6.45, 7) is 0.862. The lowest BCUT2D eigenvalue weighted by atomic mass is 10.1. The van der Waals surface area contributed by atoms with Gasteiger partial charge in [-0.15, -0.1) is 0 Å². The maximum atomic E-state index is 12.7. The molecule has 0 spiro atoms. The number of benzene rings is 2. The molecule has 4 rings (SSSR count). The molecule has 0 saturated heterocycles. The van der Waals surface area contributed by atoms with Crippen LogP contribution in [0.5, 0.6) is 0 Å². The summed E-state index contributed by atoms with van der Waals surface area (Å²) in [5.41, 5.74) is 2.21. The monoisotopic (exact) mass is 373 g/mol. The first-order chi connectivity index (χ1) is 12.1. The summed E-state index contributed by atoms with van der Waals surface area (Å²) in [7, 11) is 0. The number of aromatic amines is 1. The molecule has 25 heavy (non-hydrogen) atoms. The predicted molar refractivity (Wildman–Crippen MR) is 103 cm³/mol. The number of nitrogens with one attached hydrogen (secondary N) is 2. The van der Waals surface area contributed by atoms with E-state index in [4.69, 9.17) is 23.2 Å². The molecule has 1 fully saturated rings. The Morgan fingerprint density at radius 1 is 1.08 bits per heavy atom. The van der Waals surface area contributed by atoms with E-state index < -0.39 is 0 Å². The van der Waals surface area contributed by atoms with E-state index in [1.54, 1.807) is 22.8 Å². The Morgan fingerprint density at radius 3 is 2.52 bits per heavy atom. The van der Waals surface area contributed by atoms with Crippen molar-refractivity contribution in [2.24, 2.45) is 5.92 Å². The summed E-state index contributed by atoms with van der Waals surface area (Å²) in [6, 6.07) is 15.0. The van der Waals surface area contributed by atoms with Crippen molar-refractivity contribution in [3.8, 4) is 16.9 Å². The first-order valence-electron chi connectivity index (χ1n) is 8.23. The highest BCUT2D eigenvalue weighted by Crippen LogP contribution is 2.33. The van der Waals surface area contributed by atoms with Crippen LogP contribution in [0.1, 0.15) is 12.8 Å². The lowest BCUT2D eigenvalue weighted by molar-refractivity contribution is 0.884. The third kappa shape index (κ3) is 3.32. The average molecular weight is 374 g/mol. The molecule has 0 atom stereocenters. The summed E-state index contributed by atoms with van der Waals surface area (Å²) >= 11 is 12.2. The lowest BCUT2D eigenvalue weighted by Crippen LogP contribution is -2.15. The van der Waals surface area contributed by atoms with Crippen molar-refractivity contribution in [1.29, 1.82) is 0 Å². The van der Waals surface area contributed by atoms with Crippen LogP contribution in [-0.2, 0) is 0 Å². The molecule has 0 amide bonds. The molecule has 0 bridgehead atoms. The molecule has 1 aromatic heterocycles. The van der Waals surface area contributed by atoms with Crippen molar-refractivity contribution in [3.05, 3.63) is 69.1 Å². The van der Waals surface area contributed by atoms with E-state index in [0.29, 0.717) is 21.7 Å². The van der Waals surface area contributed by atoms with Gasteiger partial charge in [0, 0.05) is 12.1 Å². The molecule has 128 valence electrons. The molecule has 3 aromatic rings. The zero-order valence-corrected chi connectivity index (χ0v) is 14.9. The van der Waals surface area contributed by atoms with Crippen molar-refractivity contribution in [2.45, 2.75) is 12.8 Å². The van der Waals surface area contributed by atoms with Crippen LogP contribution < -0.4 is 11.0 Å². The van der Waals surface area contributed by atoms with Gasteiger partial charge in [-0.05, 0) is 37.0 Å². The molecule has 4 nitrogen and oxygen atoms in total. The summed E-state index contributed by atoms with van der Waals surface area (Å²) < 4.78 is 1.63. The van der Waals surface area contributed by atoms with Gasteiger partial charge in [0.05, 0.1) is 21.4 Å². The van der Waals surface area contributed by atoms with Crippen LogP contribution in [0.2, 0.25) is 10.0 Å². The fourth-order valence-corrected chi connectivity index (χ4v) is 3.16. The molecule has 0 aliphatic heterocycles. The zero-order chi connectivity index (χ0) is 17.4. The van der Waals surface area contributed by atoms with Crippen LogP contribution in [0.25, 0.3) is 16.9 Å². The number of imidazole rings is 1. The van der Waals surface area contributed by atoms with Crippen LogP contribution >= 0.6 is 23.2 Å². The minimum Gasteiger partial charge on any atom is -0.369 e. The van der Waals surface area contributed by atoms with E-state index in [1.165, 1.54) is 12.8 Å². The van der Waals surface area contributed by atoms with Crippen molar-refractivity contribution < 1.29 is 0 Å². The van der Waals surface area contributed by atoms with E-state index in [0.717, 1.165) is 23.6 Å². The zero-order valence-electron chi connectivity index (χ0n) is 13.4. The minimum atomic E-state index is -0.212. The third-order valence-electron chi connectivity index (χ3n) is 4.37. The number of nitrogens with zero attached hydrogens (tertiary/aromatic N) is 1. The van der Waals surface area contributed by atoms with E-state index in [9.17, 15) is 4.79 Å². The van der Waals surface area contributed by atoms with Gasteiger partial charge < -0.3 is 5.32 Å². The molecule has 1 saturated carbocycles. The van der Waals surface area contributed by atoms with Crippen LogP contribution in [0.3, 0.4) is 0 Å². The largest absolute Gasteiger partial charge is 0.369 e. The third-order valence-corrected chi connectivity index (χ3v) is 5.11. The Morgan fingerprint density at radius 2 is 1.84 bits per heavy atom. The smallest absolute Gasteiger partial charge is 0.332 e. The molecule has 1 aliphatic carbocycles. The van der Waals surface area contributed by atoms with Crippen LogP contribution in [0, 0.1) is 5.92 Å². The molecule has 1 aliphatic rings. The van der Waals surface area contributed by atoms with Gasteiger partial charge in [-0.1, -0.05) is 53.5 Å². The summed E-state index contributed by atoms with van der Waals surface area (Å²) in [5.74, 6) is 1.43. The Bertz CT molecular complexity index is 959. The van der Waals surface area contributed by atoms with E-state index in [-0.39, 0.29) is 5.69 Å². The maximum absolute atomic E-state index is 12.7. The van der Waals surface area contributed by atoms with Gasteiger partial charge in [0.1, 0.15) is 5.82 Å². The Balaban J connectivity index is 1.87. The number of anilines is 1. The predicted octanol–water partition coefficient (Wildman–Crippen LogP) is 4.96.